The zero-order valence-corrected chi connectivity index (χ0v) is 9.25. The lowest BCUT2D eigenvalue weighted by molar-refractivity contribution is 0.133. The van der Waals surface area contributed by atoms with E-state index in [1.54, 1.807) is 11.3 Å². The molecule has 3 rings (SSSR count). The molecule has 1 aromatic heterocycles. The van der Waals surface area contributed by atoms with Crippen LogP contribution in [0.2, 0.25) is 0 Å². The molecule has 1 aromatic rings. The van der Waals surface area contributed by atoms with Gasteiger partial charge in [-0.25, -0.2) is 0 Å². The van der Waals surface area contributed by atoms with Gasteiger partial charge in [-0.2, -0.15) is 0 Å². The predicted octanol–water partition coefficient (Wildman–Crippen LogP) is 1.89. The van der Waals surface area contributed by atoms with Gasteiger partial charge in [0.05, 0.1) is 0 Å². The van der Waals surface area contributed by atoms with Crippen molar-refractivity contribution in [2.75, 3.05) is 7.05 Å². The molecule has 0 saturated carbocycles. The van der Waals surface area contributed by atoms with Crippen LogP contribution in [0, 0.1) is 0 Å². The summed E-state index contributed by atoms with van der Waals surface area (Å²) in [6.07, 6.45) is 6.14. The number of fused-ring (bicyclic) bond motifs is 4. The fourth-order valence-electron chi connectivity index (χ4n) is 3.31. The Labute approximate surface area is 85.5 Å². The van der Waals surface area contributed by atoms with Crippen LogP contribution in [0.5, 0.6) is 0 Å². The second-order valence-corrected chi connectivity index (χ2v) is 5.07. The van der Waals surface area contributed by atoms with Crippen LogP contribution in [0.1, 0.15) is 31.0 Å². The SMILES string of the molecule is CN1[C@H]2CC[C@]1(C)c1ccn(C)c1C2. The third-order valence-electron chi connectivity index (χ3n) is 4.50. The lowest BCUT2D eigenvalue weighted by Crippen LogP contribution is -2.45. The lowest BCUT2D eigenvalue weighted by atomic mass is 9.88. The highest BCUT2D eigenvalue weighted by Crippen LogP contribution is 2.47. The second-order valence-electron chi connectivity index (χ2n) is 5.07. The zero-order valence-electron chi connectivity index (χ0n) is 9.25. The van der Waals surface area contributed by atoms with E-state index in [9.17, 15) is 0 Å². The van der Waals surface area contributed by atoms with Crippen molar-refractivity contribution >= 4 is 0 Å². The van der Waals surface area contributed by atoms with Crippen molar-refractivity contribution in [3.05, 3.63) is 23.5 Å². The molecule has 2 bridgehead atoms. The molecule has 0 N–H and O–H groups in total. The van der Waals surface area contributed by atoms with Gasteiger partial charge in [0.15, 0.2) is 0 Å². The van der Waals surface area contributed by atoms with Crippen LogP contribution in [-0.4, -0.2) is 22.6 Å². The maximum absolute atomic E-state index is 2.58. The minimum Gasteiger partial charge on any atom is -0.354 e. The van der Waals surface area contributed by atoms with E-state index < -0.39 is 0 Å². The third kappa shape index (κ3) is 0.806. The Hall–Kier alpha value is -0.760. The van der Waals surface area contributed by atoms with Crippen LogP contribution in [0.3, 0.4) is 0 Å². The molecule has 2 nitrogen and oxygen atoms in total. The number of hydrogen-bond donors (Lipinski definition) is 0. The molecule has 76 valence electrons. The van der Waals surface area contributed by atoms with Crippen LogP contribution in [-0.2, 0) is 19.0 Å². The Morgan fingerprint density at radius 1 is 1.43 bits per heavy atom. The summed E-state index contributed by atoms with van der Waals surface area (Å²) in [4.78, 5) is 2.58. The molecule has 1 fully saturated rings. The molecule has 2 aliphatic rings. The van der Waals surface area contributed by atoms with E-state index in [0.29, 0.717) is 5.54 Å². The smallest absolute Gasteiger partial charge is 0.0450 e. The van der Waals surface area contributed by atoms with E-state index in [2.05, 4.69) is 42.7 Å². The summed E-state index contributed by atoms with van der Waals surface area (Å²) in [5, 5.41) is 0. The first-order valence-corrected chi connectivity index (χ1v) is 5.50. The van der Waals surface area contributed by atoms with Crippen LogP contribution in [0.25, 0.3) is 0 Å². The molecule has 2 aliphatic heterocycles. The molecule has 14 heavy (non-hydrogen) atoms. The molecular formula is C12H18N2. The van der Waals surface area contributed by atoms with Gasteiger partial charge in [-0.15, -0.1) is 0 Å². The first-order valence-electron chi connectivity index (χ1n) is 5.50. The second kappa shape index (κ2) is 2.43. The zero-order chi connectivity index (χ0) is 9.92. The standard InChI is InChI=1S/C12H18N2/c1-12-6-4-9(14(12)3)8-11-10(12)5-7-13(11)2/h5,7,9H,4,6,8H2,1-3H3/t9-,12+/m0/s1. The van der Waals surface area contributed by atoms with Gasteiger partial charge in [-0.05, 0) is 38.4 Å². The van der Waals surface area contributed by atoms with Crippen molar-refractivity contribution in [3.8, 4) is 0 Å². The highest BCUT2D eigenvalue weighted by Gasteiger charge is 2.47. The average Bonchev–Trinajstić information content (AvgIpc) is 2.58. The van der Waals surface area contributed by atoms with Gasteiger partial charge < -0.3 is 4.57 Å². The van der Waals surface area contributed by atoms with E-state index in [1.807, 2.05) is 0 Å². The van der Waals surface area contributed by atoms with Crippen molar-refractivity contribution in [1.82, 2.24) is 9.47 Å². The van der Waals surface area contributed by atoms with E-state index in [0.717, 1.165) is 6.04 Å². The van der Waals surface area contributed by atoms with E-state index in [-0.39, 0.29) is 0 Å². The highest BCUT2D eigenvalue weighted by molar-refractivity contribution is 5.35. The Balaban J connectivity index is 2.21. The summed E-state index contributed by atoms with van der Waals surface area (Å²) in [6.45, 7) is 2.39. The van der Waals surface area contributed by atoms with Crippen molar-refractivity contribution in [2.24, 2.45) is 7.05 Å². The summed E-state index contributed by atoms with van der Waals surface area (Å²) in [6, 6.07) is 3.09. The van der Waals surface area contributed by atoms with Gasteiger partial charge in [0, 0.05) is 36.9 Å². The molecular weight excluding hydrogens is 172 g/mol. The van der Waals surface area contributed by atoms with Crippen molar-refractivity contribution in [1.29, 1.82) is 0 Å². The van der Waals surface area contributed by atoms with Crippen LogP contribution in [0.4, 0.5) is 0 Å². The molecule has 0 unspecified atom stereocenters. The third-order valence-corrected chi connectivity index (χ3v) is 4.50. The first-order chi connectivity index (χ1) is 6.63. The van der Waals surface area contributed by atoms with Crippen LogP contribution >= 0.6 is 0 Å². The van der Waals surface area contributed by atoms with E-state index >= 15 is 0 Å². The lowest BCUT2D eigenvalue weighted by Gasteiger charge is -2.40. The number of nitrogens with zero attached hydrogens (tertiary/aromatic N) is 2. The van der Waals surface area contributed by atoms with Gasteiger partial charge in [0.1, 0.15) is 0 Å². The molecule has 0 radical (unpaired) electrons. The highest BCUT2D eigenvalue weighted by atomic mass is 15.2. The van der Waals surface area contributed by atoms with Crippen LogP contribution in [0.15, 0.2) is 12.3 Å². The summed E-state index contributed by atoms with van der Waals surface area (Å²) in [5.74, 6) is 0. The first kappa shape index (κ1) is 8.54. The summed E-state index contributed by atoms with van der Waals surface area (Å²) in [5.41, 5.74) is 3.45. The normalized spacial score (nSPS) is 36.1. The molecule has 0 aliphatic carbocycles. The monoisotopic (exact) mass is 190 g/mol. The van der Waals surface area contributed by atoms with E-state index in [4.69, 9.17) is 0 Å². The Bertz CT molecular complexity index is 380. The Kier molecular flexibility index (Phi) is 1.48. The van der Waals surface area contributed by atoms with Gasteiger partial charge in [0.25, 0.3) is 0 Å². The summed E-state index contributed by atoms with van der Waals surface area (Å²) < 4.78 is 2.30. The molecule has 2 atom stereocenters. The molecule has 3 heterocycles. The number of aryl methyl sites for hydroxylation is 1. The number of likely N-dealkylation sites (N-methyl/N-ethyl adjacent to an activating group) is 1. The average molecular weight is 190 g/mol. The minimum absolute atomic E-state index is 0.319. The molecule has 1 saturated heterocycles. The van der Waals surface area contributed by atoms with Crippen molar-refractivity contribution in [2.45, 2.75) is 37.8 Å². The largest absolute Gasteiger partial charge is 0.354 e. The number of hydrogen-bond acceptors (Lipinski definition) is 1. The maximum Gasteiger partial charge on any atom is 0.0450 e. The van der Waals surface area contributed by atoms with Crippen molar-refractivity contribution < 1.29 is 0 Å². The van der Waals surface area contributed by atoms with Crippen molar-refractivity contribution in [3.63, 3.8) is 0 Å². The van der Waals surface area contributed by atoms with Crippen LogP contribution < -0.4 is 0 Å². The maximum atomic E-state index is 2.58. The predicted molar refractivity (Wildman–Crippen MR) is 57.3 cm³/mol. The van der Waals surface area contributed by atoms with Gasteiger partial charge in [0.2, 0.25) is 0 Å². The Morgan fingerprint density at radius 3 is 3.00 bits per heavy atom. The molecule has 0 amide bonds. The molecule has 2 heteroatoms. The number of aromatic nitrogens is 1. The molecule has 0 spiro atoms. The Morgan fingerprint density at radius 2 is 2.21 bits per heavy atom. The summed E-state index contributed by atoms with van der Waals surface area (Å²) >= 11 is 0. The summed E-state index contributed by atoms with van der Waals surface area (Å²) in [7, 11) is 4.46. The number of rotatable bonds is 0. The minimum atomic E-state index is 0.319. The van der Waals surface area contributed by atoms with Gasteiger partial charge >= 0.3 is 0 Å². The van der Waals surface area contributed by atoms with Gasteiger partial charge in [-0.3, -0.25) is 4.90 Å². The quantitative estimate of drug-likeness (QED) is 0.606. The van der Waals surface area contributed by atoms with E-state index in [1.165, 1.54) is 19.3 Å². The fourth-order valence-corrected chi connectivity index (χ4v) is 3.31. The topological polar surface area (TPSA) is 8.17 Å². The van der Waals surface area contributed by atoms with Gasteiger partial charge in [-0.1, -0.05) is 0 Å². The molecule has 0 aromatic carbocycles. The fraction of sp³-hybridized carbons (Fsp3) is 0.667.